The maximum absolute atomic E-state index is 2.57. The van der Waals surface area contributed by atoms with E-state index in [9.17, 15) is 0 Å². The molecule has 0 heterocycles. The van der Waals surface area contributed by atoms with Crippen LogP contribution < -0.4 is 5.19 Å². The molecule has 0 spiro atoms. The summed E-state index contributed by atoms with van der Waals surface area (Å²) >= 11 is 5.14. The van der Waals surface area contributed by atoms with Crippen molar-refractivity contribution in [1.82, 2.24) is 0 Å². The lowest BCUT2D eigenvalue weighted by Crippen LogP contribution is -2.30. The first-order valence-electron chi connectivity index (χ1n) is 3.04. The first-order valence-corrected chi connectivity index (χ1v) is 11.8. The molecular formula is C7H8I2Si. The Kier molecular flexibility index (Phi) is 3.17. The fourth-order valence-corrected chi connectivity index (χ4v) is 3.67. The highest BCUT2D eigenvalue weighted by Crippen LogP contribution is 2.20. The Morgan fingerprint density at radius 2 is 1.60 bits per heavy atom. The summed E-state index contributed by atoms with van der Waals surface area (Å²) in [5.41, 5.74) is 0. The van der Waals surface area contributed by atoms with Crippen molar-refractivity contribution >= 4 is 51.8 Å². The number of rotatable bonds is 1. The average Bonchev–Trinajstić information content (AvgIpc) is 1.88. The van der Waals surface area contributed by atoms with Crippen LogP contribution in [0.3, 0.4) is 0 Å². The lowest BCUT2D eigenvalue weighted by atomic mass is 10.4. The molecule has 3 heteroatoms. The van der Waals surface area contributed by atoms with E-state index in [1.807, 2.05) is 0 Å². The molecule has 0 atom stereocenters. The first kappa shape index (κ1) is 8.99. The van der Waals surface area contributed by atoms with E-state index in [2.05, 4.69) is 80.5 Å². The highest BCUT2D eigenvalue weighted by Gasteiger charge is 2.20. The molecule has 1 aromatic rings. The molecule has 10 heavy (non-hydrogen) atoms. The fraction of sp³-hybridized carbons (Fsp3) is 0.143. The van der Waals surface area contributed by atoms with Gasteiger partial charge in [-0.15, -0.1) is 0 Å². The third-order valence-electron chi connectivity index (χ3n) is 1.28. The largest absolute Gasteiger partial charge is 0.218 e. The lowest BCUT2D eigenvalue weighted by molar-refractivity contribution is 1.76. The summed E-state index contributed by atoms with van der Waals surface area (Å²) in [6.45, 7) is 2.34. The molecule has 1 aromatic carbocycles. The predicted molar refractivity (Wildman–Crippen MR) is 65.7 cm³/mol. The summed E-state index contributed by atoms with van der Waals surface area (Å²) in [6, 6.07) is 10.7. The zero-order valence-electron chi connectivity index (χ0n) is 5.64. The third-order valence-corrected chi connectivity index (χ3v) is 6.36. The molecule has 0 unspecified atom stereocenters. The van der Waals surface area contributed by atoms with E-state index in [4.69, 9.17) is 0 Å². The minimum absolute atomic E-state index is 1.09. The van der Waals surface area contributed by atoms with E-state index < -0.39 is 3.07 Å². The second kappa shape index (κ2) is 3.53. The van der Waals surface area contributed by atoms with Gasteiger partial charge in [0, 0.05) is 0 Å². The second-order valence-corrected chi connectivity index (χ2v) is 23.7. The molecule has 0 fully saturated rings. The van der Waals surface area contributed by atoms with Gasteiger partial charge in [-0.2, -0.15) is 0 Å². The van der Waals surface area contributed by atoms with Crippen LogP contribution in [0.4, 0.5) is 0 Å². The van der Waals surface area contributed by atoms with E-state index >= 15 is 0 Å². The number of halogens is 2. The van der Waals surface area contributed by atoms with E-state index in [1.165, 1.54) is 5.19 Å². The van der Waals surface area contributed by atoms with Gasteiger partial charge in [0.2, 0.25) is 3.07 Å². The van der Waals surface area contributed by atoms with Crippen LogP contribution in [0.1, 0.15) is 0 Å². The van der Waals surface area contributed by atoms with Gasteiger partial charge in [0.05, 0.1) is 0 Å². The molecule has 1 rings (SSSR count). The van der Waals surface area contributed by atoms with Gasteiger partial charge in [-0.1, -0.05) is 73.9 Å². The summed E-state index contributed by atoms with van der Waals surface area (Å²) in [7, 11) is 0. The minimum Gasteiger partial charge on any atom is -0.0987 e. The van der Waals surface area contributed by atoms with Crippen LogP contribution >= 0.6 is 43.6 Å². The molecular weight excluding hydrogens is 366 g/mol. The molecule has 0 nitrogen and oxygen atoms in total. The van der Waals surface area contributed by atoms with Crippen molar-refractivity contribution in [2.24, 2.45) is 0 Å². The van der Waals surface area contributed by atoms with Crippen LogP contribution in [-0.4, -0.2) is 3.07 Å². The summed E-state index contributed by atoms with van der Waals surface area (Å²) in [4.78, 5) is 0. The Morgan fingerprint density at radius 1 is 1.10 bits per heavy atom. The smallest absolute Gasteiger partial charge is 0.0987 e. The molecule has 0 N–H and O–H groups in total. The van der Waals surface area contributed by atoms with Crippen LogP contribution in [0.5, 0.6) is 0 Å². The van der Waals surface area contributed by atoms with Gasteiger partial charge < -0.3 is 0 Å². The van der Waals surface area contributed by atoms with Crippen LogP contribution in [-0.2, 0) is 0 Å². The zero-order valence-corrected chi connectivity index (χ0v) is 11.0. The fourth-order valence-electron chi connectivity index (χ4n) is 0.731. The average molecular weight is 374 g/mol. The zero-order chi connectivity index (χ0) is 7.61. The van der Waals surface area contributed by atoms with Crippen molar-refractivity contribution in [2.75, 3.05) is 0 Å². The Morgan fingerprint density at radius 3 is 1.90 bits per heavy atom. The molecule has 0 aliphatic carbocycles. The van der Waals surface area contributed by atoms with Gasteiger partial charge in [0.15, 0.2) is 0 Å². The number of hydrogen-bond donors (Lipinski definition) is 0. The Bertz CT molecular complexity index is 203. The van der Waals surface area contributed by atoms with Gasteiger partial charge in [-0.05, 0) is 11.7 Å². The molecule has 0 amide bonds. The van der Waals surface area contributed by atoms with Crippen LogP contribution in [0.2, 0.25) is 6.55 Å². The molecule has 0 aromatic heterocycles. The third kappa shape index (κ3) is 2.50. The summed E-state index contributed by atoms with van der Waals surface area (Å²) in [5, 5.41) is 1.51. The normalized spacial score (nSPS) is 11.5. The molecule has 0 saturated heterocycles. The van der Waals surface area contributed by atoms with Gasteiger partial charge in [-0.25, -0.2) is 0 Å². The van der Waals surface area contributed by atoms with Gasteiger partial charge in [-0.3, -0.25) is 0 Å². The standard InChI is InChI=1S/C7H8I2Si/c1-10(8,9)7-5-3-2-4-6-7/h2-6H,1H3. The van der Waals surface area contributed by atoms with Crippen LogP contribution in [0.15, 0.2) is 30.3 Å². The molecule has 0 saturated carbocycles. The second-order valence-electron chi connectivity index (χ2n) is 2.25. The van der Waals surface area contributed by atoms with Crippen LogP contribution in [0, 0.1) is 0 Å². The Hall–Kier alpha value is 0.897. The first-order chi connectivity index (χ1) is 4.61. The van der Waals surface area contributed by atoms with Gasteiger partial charge >= 0.3 is 0 Å². The number of benzene rings is 1. The predicted octanol–water partition coefficient (Wildman–Crippen LogP) is 2.84. The molecule has 54 valence electrons. The Labute approximate surface area is 87.8 Å². The van der Waals surface area contributed by atoms with Crippen molar-refractivity contribution in [3.63, 3.8) is 0 Å². The van der Waals surface area contributed by atoms with Crippen molar-refractivity contribution in [1.29, 1.82) is 0 Å². The quantitative estimate of drug-likeness (QED) is 0.403. The SMILES string of the molecule is C[Si](I)(I)c1ccccc1. The van der Waals surface area contributed by atoms with E-state index in [-0.39, 0.29) is 0 Å². The molecule has 0 radical (unpaired) electrons. The van der Waals surface area contributed by atoms with Crippen molar-refractivity contribution < 1.29 is 0 Å². The molecule has 0 aliphatic rings. The summed E-state index contributed by atoms with van der Waals surface area (Å²) < 4.78 is -1.09. The highest BCUT2D eigenvalue weighted by molar-refractivity contribution is 14.3. The van der Waals surface area contributed by atoms with Crippen molar-refractivity contribution in [2.45, 2.75) is 6.55 Å². The minimum atomic E-state index is -1.09. The van der Waals surface area contributed by atoms with Crippen molar-refractivity contribution in [3.8, 4) is 0 Å². The Balaban J connectivity index is 2.97. The van der Waals surface area contributed by atoms with Gasteiger partial charge in [0.1, 0.15) is 0 Å². The lowest BCUT2D eigenvalue weighted by Gasteiger charge is -2.10. The van der Waals surface area contributed by atoms with E-state index in [1.54, 1.807) is 0 Å². The molecule has 0 bridgehead atoms. The summed E-state index contributed by atoms with van der Waals surface area (Å²) in [6.07, 6.45) is 0. The van der Waals surface area contributed by atoms with E-state index in [0.29, 0.717) is 0 Å². The van der Waals surface area contributed by atoms with Crippen molar-refractivity contribution in [3.05, 3.63) is 30.3 Å². The maximum Gasteiger partial charge on any atom is 0.218 e. The maximum atomic E-state index is 2.57. The summed E-state index contributed by atoms with van der Waals surface area (Å²) in [5.74, 6) is 0. The topological polar surface area (TPSA) is 0 Å². The van der Waals surface area contributed by atoms with Gasteiger partial charge in [0.25, 0.3) is 0 Å². The highest BCUT2D eigenvalue weighted by atomic mass is 127. The van der Waals surface area contributed by atoms with E-state index in [0.717, 1.165) is 0 Å². The van der Waals surface area contributed by atoms with Crippen LogP contribution in [0.25, 0.3) is 0 Å². The monoisotopic (exact) mass is 374 g/mol. The number of hydrogen-bond acceptors (Lipinski definition) is 0. The molecule has 0 aliphatic heterocycles.